The molecule has 0 saturated heterocycles. The summed E-state index contributed by atoms with van der Waals surface area (Å²) in [5, 5.41) is 3.78. The van der Waals surface area contributed by atoms with Crippen molar-refractivity contribution in [2.24, 2.45) is 0 Å². The van der Waals surface area contributed by atoms with Crippen molar-refractivity contribution < 1.29 is 9.59 Å². The lowest BCUT2D eigenvalue weighted by molar-refractivity contribution is -0.137. The molecule has 3 rings (SSSR count). The van der Waals surface area contributed by atoms with Crippen LogP contribution in [0, 0.1) is 0 Å². The van der Waals surface area contributed by atoms with E-state index >= 15 is 0 Å². The number of carbonyl (C=O) groups excluding carboxylic acids is 2. The Hall–Kier alpha value is -2.30. The van der Waals surface area contributed by atoms with E-state index in [4.69, 9.17) is 23.2 Å². The Kier molecular flexibility index (Phi) is 4.37. The number of amides is 2. The van der Waals surface area contributed by atoms with Gasteiger partial charge in [-0.25, -0.2) is 0 Å². The predicted molar refractivity (Wildman–Crippen MR) is 90.2 cm³/mol. The van der Waals surface area contributed by atoms with Gasteiger partial charge in [0.2, 0.25) is 0 Å². The van der Waals surface area contributed by atoms with E-state index < -0.39 is 0 Å². The summed E-state index contributed by atoms with van der Waals surface area (Å²) in [7, 11) is 0. The third kappa shape index (κ3) is 3.55. The van der Waals surface area contributed by atoms with Gasteiger partial charge in [0.05, 0.1) is 6.54 Å². The second-order valence-electron chi connectivity index (χ2n) is 5.06. The van der Waals surface area contributed by atoms with Gasteiger partial charge in [-0.2, -0.15) is 0 Å². The van der Waals surface area contributed by atoms with Gasteiger partial charge in [-0.3, -0.25) is 14.5 Å². The van der Waals surface area contributed by atoms with Gasteiger partial charge in [-0.05, 0) is 23.8 Å². The van der Waals surface area contributed by atoms with Crippen LogP contribution in [-0.2, 0) is 16.1 Å². The summed E-state index contributed by atoms with van der Waals surface area (Å²) in [5.74, 6) is -0.732. The number of hydrogen-bond donors (Lipinski definition) is 1. The number of hydrogen-bond acceptors (Lipinski definition) is 3. The van der Waals surface area contributed by atoms with Crippen LogP contribution in [0.25, 0.3) is 0 Å². The average Bonchev–Trinajstić information content (AvgIpc) is 2.75. The lowest BCUT2D eigenvalue weighted by Crippen LogP contribution is -2.31. The zero-order valence-corrected chi connectivity index (χ0v) is 13.4. The van der Waals surface area contributed by atoms with E-state index in [0.717, 1.165) is 5.56 Å². The first-order valence-corrected chi connectivity index (χ1v) is 7.63. The van der Waals surface area contributed by atoms with E-state index in [9.17, 15) is 9.59 Å². The summed E-state index contributed by atoms with van der Waals surface area (Å²) < 4.78 is 0. The Bertz CT molecular complexity index is 783. The Morgan fingerprint density at radius 2 is 1.61 bits per heavy atom. The van der Waals surface area contributed by atoms with Gasteiger partial charge in [-0.1, -0.05) is 53.5 Å². The van der Waals surface area contributed by atoms with Crippen LogP contribution >= 0.6 is 23.2 Å². The van der Waals surface area contributed by atoms with Gasteiger partial charge in [0.15, 0.2) is 0 Å². The van der Waals surface area contributed by atoms with Crippen molar-refractivity contribution in [2.75, 3.05) is 5.32 Å². The molecule has 0 spiro atoms. The average molecular weight is 347 g/mol. The Morgan fingerprint density at radius 3 is 2.26 bits per heavy atom. The molecule has 1 N–H and O–H groups in total. The van der Waals surface area contributed by atoms with Gasteiger partial charge in [0.25, 0.3) is 11.8 Å². The van der Waals surface area contributed by atoms with Gasteiger partial charge in [0.1, 0.15) is 5.70 Å². The lowest BCUT2D eigenvalue weighted by atomic mass is 10.2. The zero-order valence-electron chi connectivity index (χ0n) is 11.9. The molecule has 23 heavy (non-hydrogen) atoms. The summed E-state index contributed by atoms with van der Waals surface area (Å²) in [4.78, 5) is 25.6. The molecule has 0 atom stereocenters. The maximum absolute atomic E-state index is 12.4. The molecule has 1 aliphatic rings. The number of halogens is 2. The minimum Gasteiger partial charge on any atom is -0.351 e. The second-order valence-corrected chi connectivity index (χ2v) is 5.93. The monoisotopic (exact) mass is 346 g/mol. The van der Waals surface area contributed by atoms with Gasteiger partial charge in [0, 0.05) is 21.8 Å². The molecule has 0 saturated carbocycles. The standard InChI is InChI=1S/C17H12Cl2N2O2/c18-12-6-13(19)8-14(7-12)20-15-9-16(22)21(17(15)23)10-11-4-2-1-3-5-11/h1-9,20H,10H2. The molecule has 2 amide bonds. The van der Waals surface area contributed by atoms with Gasteiger partial charge >= 0.3 is 0 Å². The lowest BCUT2D eigenvalue weighted by Gasteiger charge is -2.15. The van der Waals surface area contributed by atoms with Crippen LogP contribution in [0.5, 0.6) is 0 Å². The van der Waals surface area contributed by atoms with E-state index in [1.54, 1.807) is 18.2 Å². The van der Waals surface area contributed by atoms with Crippen LogP contribution in [0.1, 0.15) is 5.56 Å². The fraction of sp³-hybridized carbons (Fsp3) is 0.0588. The smallest absolute Gasteiger partial charge is 0.277 e. The van der Waals surface area contributed by atoms with Crippen LogP contribution in [0.2, 0.25) is 10.0 Å². The van der Waals surface area contributed by atoms with Crippen LogP contribution in [0.3, 0.4) is 0 Å². The van der Waals surface area contributed by atoms with Crippen molar-refractivity contribution in [3.63, 3.8) is 0 Å². The molecule has 0 unspecified atom stereocenters. The molecule has 0 aromatic heterocycles. The summed E-state index contributed by atoms with van der Waals surface area (Å²) >= 11 is 11.9. The molecule has 1 aliphatic heterocycles. The minimum absolute atomic E-state index is 0.198. The number of imide groups is 1. The number of nitrogens with zero attached hydrogens (tertiary/aromatic N) is 1. The summed E-state index contributed by atoms with van der Waals surface area (Å²) in [6, 6.07) is 14.2. The van der Waals surface area contributed by atoms with Crippen LogP contribution in [0.4, 0.5) is 5.69 Å². The summed E-state index contributed by atoms with van der Waals surface area (Å²) in [6.45, 7) is 0.233. The highest BCUT2D eigenvalue weighted by Gasteiger charge is 2.31. The maximum atomic E-state index is 12.4. The minimum atomic E-state index is -0.380. The molecule has 4 nitrogen and oxygen atoms in total. The third-order valence-electron chi connectivity index (χ3n) is 3.33. The second kappa shape index (κ2) is 6.44. The van der Waals surface area contributed by atoms with E-state index in [1.165, 1.54) is 11.0 Å². The molecule has 0 radical (unpaired) electrons. The molecule has 2 aromatic carbocycles. The fourth-order valence-corrected chi connectivity index (χ4v) is 2.82. The Balaban J connectivity index is 1.76. The number of rotatable bonds is 4. The molecular weight excluding hydrogens is 335 g/mol. The molecule has 2 aromatic rings. The van der Waals surface area contributed by atoms with Crippen LogP contribution < -0.4 is 5.32 Å². The first-order valence-electron chi connectivity index (χ1n) is 6.87. The van der Waals surface area contributed by atoms with Crippen LogP contribution in [0.15, 0.2) is 60.3 Å². The Labute approximate surface area is 143 Å². The number of carbonyl (C=O) groups is 2. The van der Waals surface area contributed by atoms with Crippen molar-refractivity contribution in [1.82, 2.24) is 4.90 Å². The predicted octanol–water partition coefficient (Wildman–Crippen LogP) is 3.86. The van der Waals surface area contributed by atoms with E-state index in [2.05, 4.69) is 5.32 Å². The van der Waals surface area contributed by atoms with E-state index in [0.29, 0.717) is 15.7 Å². The molecule has 116 valence electrons. The number of anilines is 1. The van der Waals surface area contributed by atoms with E-state index in [-0.39, 0.29) is 24.1 Å². The zero-order chi connectivity index (χ0) is 16.4. The molecule has 0 fully saturated rings. The summed E-state index contributed by atoms with van der Waals surface area (Å²) in [6.07, 6.45) is 1.28. The van der Waals surface area contributed by atoms with Crippen molar-refractivity contribution in [1.29, 1.82) is 0 Å². The van der Waals surface area contributed by atoms with Crippen molar-refractivity contribution in [2.45, 2.75) is 6.54 Å². The number of nitrogens with one attached hydrogen (secondary N) is 1. The first-order chi connectivity index (χ1) is 11.0. The molecule has 0 aliphatic carbocycles. The van der Waals surface area contributed by atoms with Crippen molar-refractivity contribution in [3.05, 3.63) is 75.9 Å². The highest BCUT2D eigenvalue weighted by molar-refractivity contribution is 6.35. The quantitative estimate of drug-likeness (QED) is 0.855. The maximum Gasteiger partial charge on any atom is 0.277 e. The first kappa shape index (κ1) is 15.6. The molecule has 1 heterocycles. The van der Waals surface area contributed by atoms with Crippen molar-refractivity contribution >= 4 is 40.7 Å². The largest absolute Gasteiger partial charge is 0.351 e. The highest BCUT2D eigenvalue weighted by Crippen LogP contribution is 2.25. The SMILES string of the molecule is O=C1C=C(Nc2cc(Cl)cc(Cl)c2)C(=O)N1Cc1ccccc1. The summed E-state index contributed by atoms with van der Waals surface area (Å²) in [5.41, 5.74) is 1.63. The van der Waals surface area contributed by atoms with Crippen LogP contribution in [-0.4, -0.2) is 16.7 Å². The highest BCUT2D eigenvalue weighted by atomic mass is 35.5. The fourth-order valence-electron chi connectivity index (χ4n) is 2.30. The molecular formula is C17H12Cl2N2O2. The molecule has 0 bridgehead atoms. The third-order valence-corrected chi connectivity index (χ3v) is 3.77. The Morgan fingerprint density at radius 1 is 0.957 bits per heavy atom. The van der Waals surface area contributed by atoms with Gasteiger partial charge in [-0.15, -0.1) is 0 Å². The topological polar surface area (TPSA) is 49.4 Å². The number of benzene rings is 2. The van der Waals surface area contributed by atoms with Gasteiger partial charge < -0.3 is 5.32 Å². The normalized spacial score (nSPS) is 14.2. The van der Waals surface area contributed by atoms with Crippen molar-refractivity contribution in [3.8, 4) is 0 Å². The van der Waals surface area contributed by atoms with E-state index in [1.807, 2.05) is 30.3 Å². The molecule has 6 heteroatoms.